The summed E-state index contributed by atoms with van der Waals surface area (Å²) in [6.45, 7) is 6.11. The molecule has 0 unspecified atom stereocenters. The van der Waals surface area contributed by atoms with E-state index in [0.717, 1.165) is 5.56 Å². The van der Waals surface area contributed by atoms with Crippen LogP contribution < -0.4 is 5.73 Å². The van der Waals surface area contributed by atoms with Crippen molar-refractivity contribution in [3.8, 4) is 0 Å². The average molecular weight is 234 g/mol. The molecule has 0 atom stereocenters. The van der Waals surface area contributed by atoms with Gasteiger partial charge in [-0.1, -0.05) is 12.1 Å². The molecule has 0 spiro atoms. The average Bonchev–Trinajstić information content (AvgIpc) is 2.31. The fourth-order valence-corrected chi connectivity index (χ4v) is 1.51. The first-order valence-electron chi connectivity index (χ1n) is 5.47. The molecule has 0 aliphatic carbocycles. The highest BCUT2D eigenvalue weighted by atomic mass is 16.3. The number of carbonyl (C=O) groups excluding carboxylic acids is 1. The monoisotopic (exact) mass is 234 g/mol. The van der Waals surface area contributed by atoms with Crippen LogP contribution in [0.2, 0.25) is 0 Å². The van der Waals surface area contributed by atoms with Gasteiger partial charge in [0.2, 0.25) is 0 Å². The number of benzene rings is 1. The molecule has 1 rings (SSSR count). The number of nitrogens with zero attached hydrogens (tertiary/aromatic N) is 1. The summed E-state index contributed by atoms with van der Waals surface area (Å²) in [6, 6.07) is 5.21. The summed E-state index contributed by atoms with van der Waals surface area (Å²) in [6.07, 6.45) is 1.63. The smallest absolute Gasteiger partial charge is 0.254 e. The molecule has 0 fully saturated rings. The van der Waals surface area contributed by atoms with E-state index in [0.29, 0.717) is 24.3 Å². The van der Waals surface area contributed by atoms with Gasteiger partial charge < -0.3 is 15.7 Å². The van der Waals surface area contributed by atoms with Gasteiger partial charge in [-0.15, -0.1) is 6.58 Å². The minimum Gasteiger partial charge on any atom is -0.398 e. The maximum atomic E-state index is 12.1. The first-order chi connectivity index (χ1) is 8.10. The lowest BCUT2D eigenvalue weighted by Crippen LogP contribution is -2.33. The van der Waals surface area contributed by atoms with Gasteiger partial charge in [-0.3, -0.25) is 4.79 Å². The van der Waals surface area contributed by atoms with Crippen molar-refractivity contribution in [1.82, 2.24) is 4.90 Å². The Bertz CT molecular complexity index is 416. The first kappa shape index (κ1) is 13.3. The number of amides is 1. The zero-order chi connectivity index (χ0) is 12.8. The zero-order valence-electron chi connectivity index (χ0n) is 10.0. The first-order valence-corrected chi connectivity index (χ1v) is 5.47. The van der Waals surface area contributed by atoms with Gasteiger partial charge in [-0.25, -0.2) is 0 Å². The Hall–Kier alpha value is -1.81. The molecule has 0 radical (unpaired) electrons. The van der Waals surface area contributed by atoms with Gasteiger partial charge in [0.1, 0.15) is 0 Å². The number of hydrogen-bond acceptors (Lipinski definition) is 3. The number of hydrogen-bond donors (Lipinski definition) is 2. The van der Waals surface area contributed by atoms with Crippen LogP contribution in [-0.2, 0) is 0 Å². The summed E-state index contributed by atoms with van der Waals surface area (Å²) in [5, 5.41) is 8.90. The van der Waals surface area contributed by atoms with Crippen LogP contribution in [0.3, 0.4) is 0 Å². The lowest BCUT2D eigenvalue weighted by molar-refractivity contribution is 0.0743. The molecule has 4 heteroatoms. The Morgan fingerprint density at radius 2 is 2.29 bits per heavy atom. The van der Waals surface area contributed by atoms with Gasteiger partial charge in [0.25, 0.3) is 5.91 Å². The van der Waals surface area contributed by atoms with Crippen molar-refractivity contribution >= 4 is 11.6 Å². The Kier molecular flexibility index (Phi) is 4.72. The lowest BCUT2D eigenvalue weighted by Gasteiger charge is -2.20. The molecule has 0 saturated carbocycles. The van der Waals surface area contributed by atoms with Crippen molar-refractivity contribution in [2.24, 2.45) is 0 Å². The number of nitrogen functional groups attached to an aromatic ring is 1. The third-order valence-corrected chi connectivity index (χ3v) is 2.53. The van der Waals surface area contributed by atoms with E-state index in [9.17, 15) is 4.79 Å². The molecule has 3 N–H and O–H groups in total. The maximum absolute atomic E-state index is 12.1. The van der Waals surface area contributed by atoms with Gasteiger partial charge in [-0.2, -0.15) is 0 Å². The van der Waals surface area contributed by atoms with Gasteiger partial charge >= 0.3 is 0 Å². The largest absolute Gasteiger partial charge is 0.398 e. The van der Waals surface area contributed by atoms with Crippen molar-refractivity contribution in [2.45, 2.75) is 6.92 Å². The summed E-state index contributed by atoms with van der Waals surface area (Å²) in [5.74, 6) is -0.148. The van der Waals surface area contributed by atoms with Crippen molar-refractivity contribution in [3.63, 3.8) is 0 Å². The van der Waals surface area contributed by atoms with Crippen molar-refractivity contribution in [1.29, 1.82) is 0 Å². The quantitative estimate of drug-likeness (QED) is 0.594. The zero-order valence-corrected chi connectivity index (χ0v) is 10.0. The van der Waals surface area contributed by atoms with Crippen LogP contribution in [0.25, 0.3) is 0 Å². The number of aliphatic hydroxyl groups excluding tert-OH is 1. The molecule has 1 aromatic carbocycles. The van der Waals surface area contributed by atoms with Gasteiger partial charge in [-0.05, 0) is 24.6 Å². The highest BCUT2D eigenvalue weighted by Crippen LogP contribution is 2.14. The number of nitrogens with two attached hydrogens (primary N) is 1. The number of rotatable bonds is 5. The molecule has 0 saturated heterocycles. The van der Waals surface area contributed by atoms with Gasteiger partial charge in [0.15, 0.2) is 0 Å². The Balaban J connectivity index is 2.92. The van der Waals surface area contributed by atoms with E-state index < -0.39 is 0 Å². The molecule has 0 aliphatic rings. The number of anilines is 1. The van der Waals surface area contributed by atoms with Crippen molar-refractivity contribution in [3.05, 3.63) is 42.0 Å². The fourth-order valence-electron chi connectivity index (χ4n) is 1.51. The normalized spacial score (nSPS) is 10.0. The molecule has 1 aromatic rings. The molecule has 92 valence electrons. The third-order valence-electron chi connectivity index (χ3n) is 2.53. The van der Waals surface area contributed by atoms with E-state index >= 15 is 0 Å². The van der Waals surface area contributed by atoms with Gasteiger partial charge in [0, 0.05) is 24.3 Å². The molecule has 0 aliphatic heterocycles. The second-order valence-corrected chi connectivity index (χ2v) is 3.83. The lowest BCUT2D eigenvalue weighted by atomic mass is 10.1. The maximum Gasteiger partial charge on any atom is 0.254 e. The van der Waals surface area contributed by atoms with Crippen molar-refractivity contribution in [2.75, 3.05) is 25.4 Å². The second kappa shape index (κ2) is 6.06. The van der Waals surface area contributed by atoms with Crippen LogP contribution in [0.1, 0.15) is 15.9 Å². The second-order valence-electron chi connectivity index (χ2n) is 3.83. The molecule has 1 amide bonds. The minimum atomic E-state index is -0.148. The van der Waals surface area contributed by atoms with Crippen LogP contribution in [0.5, 0.6) is 0 Å². The Morgan fingerprint density at radius 3 is 2.82 bits per heavy atom. The van der Waals surface area contributed by atoms with E-state index in [1.807, 2.05) is 13.0 Å². The fraction of sp³-hybridized carbons (Fsp3) is 0.308. The highest BCUT2D eigenvalue weighted by molar-refractivity contribution is 5.95. The van der Waals surface area contributed by atoms with Crippen LogP contribution in [0, 0.1) is 6.92 Å². The van der Waals surface area contributed by atoms with Crippen molar-refractivity contribution < 1.29 is 9.90 Å². The van der Waals surface area contributed by atoms with Crippen LogP contribution in [-0.4, -0.2) is 35.6 Å². The third kappa shape index (κ3) is 3.32. The SMILES string of the molecule is C=CCN(CCO)C(=O)c1ccc(C)c(N)c1. The summed E-state index contributed by atoms with van der Waals surface area (Å²) in [7, 11) is 0. The van der Waals surface area contributed by atoms with Crippen LogP contribution >= 0.6 is 0 Å². The molecule has 0 bridgehead atoms. The van der Waals surface area contributed by atoms with E-state index in [-0.39, 0.29) is 12.5 Å². The highest BCUT2D eigenvalue weighted by Gasteiger charge is 2.14. The molecule has 0 heterocycles. The van der Waals surface area contributed by atoms with E-state index in [1.165, 1.54) is 4.90 Å². The molecular formula is C13H18N2O2. The summed E-state index contributed by atoms with van der Waals surface area (Å²) in [5.41, 5.74) is 7.84. The van der Waals surface area contributed by atoms with E-state index in [1.54, 1.807) is 18.2 Å². The Labute approximate surface area is 101 Å². The topological polar surface area (TPSA) is 66.6 Å². The molecule has 4 nitrogen and oxygen atoms in total. The van der Waals surface area contributed by atoms with E-state index in [4.69, 9.17) is 10.8 Å². The molecule has 17 heavy (non-hydrogen) atoms. The summed E-state index contributed by atoms with van der Waals surface area (Å²) < 4.78 is 0. The number of carbonyl (C=O) groups is 1. The minimum absolute atomic E-state index is 0.0685. The molecular weight excluding hydrogens is 216 g/mol. The van der Waals surface area contributed by atoms with Gasteiger partial charge in [0.05, 0.1) is 6.61 Å². The predicted octanol–water partition coefficient (Wildman–Crippen LogP) is 1.20. The Morgan fingerprint density at radius 1 is 1.59 bits per heavy atom. The predicted molar refractivity (Wildman–Crippen MR) is 68.8 cm³/mol. The molecule has 0 aromatic heterocycles. The summed E-state index contributed by atoms with van der Waals surface area (Å²) in [4.78, 5) is 13.6. The summed E-state index contributed by atoms with van der Waals surface area (Å²) >= 11 is 0. The van der Waals surface area contributed by atoms with Crippen LogP contribution in [0.4, 0.5) is 5.69 Å². The standard InChI is InChI=1S/C13H18N2O2/c1-3-6-15(7-8-16)13(17)11-5-4-10(2)12(14)9-11/h3-5,9,16H,1,6-8,14H2,2H3. The number of aliphatic hydroxyl groups is 1. The number of aryl methyl sites for hydroxylation is 1. The van der Waals surface area contributed by atoms with Crippen LogP contribution in [0.15, 0.2) is 30.9 Å². The van der Waals surface area contributed by atoms with E-state index in [2.05, 4.69) is 6.58 Å².